The van der Waals surface area contributed by atoms with Gasteiger partial charge in [0, 0.05) is 36.4 Å². The smallest absolute Gasteiger partial charge is 0.230 e. The Morgan fingerprint density at radius 2 is 2.22 bits per heavy atom. The predicted octanol–water partition coefficient (Wildman–Crippen LogP) is 2.37. The minimum Gasteiger partial charge on any atom is -0.341 e. The number of carbonyl (C=O) groups is 1. The first kappa shape index (κ1) is 16.1. The number of hydrogen-bond donors (Lipinski definition) is 0. The molecule has 0 saturated carbocycles. The average Bonchev–Trinajstić information content (AvgIpc) is 3.26. The second-order valence-corrected chi connectivity index (χ2v) is 7.02. The number of likely N-dealkylation sites (tertiary alicyclic amines) is 1. The van der Waals surface area contributed by atoms with E-state index in [9.17, 15) is 4.79 Å². The van der Waals surface area contributed by atoms with E-state index in [1.54, 1.807) is 23.7 Å². The van der Waals surface area contributed by atoms with Crippen LogP contribution in [0.3, 0.4) is 0 Å². The molecule has 0 radical (unpaired) electrons. The van der Waals surface area contributed by atoms with E-state index >= 15 is 0 Å². The van der Waals surface area contributed by atoms with E-state index in [1.807, 2.05) is 35.4 Å². The van der Waals surface area contributed by atoms with Crippen molar-refractivity contribution in [1.29, 1.82) is 0 Å². The van der Waals surface area contributed by atoms with Gasteiger partial charge in [0.15, 0.2) is 0 Å². The van der Waals surface area contributed by atoms with Crippen LogP contribution in [-0.4, -0.2) is 51.9 Å². The molecule has 1 aliphatic heterocycles. The fraction of sp³-hybridized carbons (Fsp3) is 0.471. The first-order valence-electron chi connectivity index (χ1n) is 7.93. The molecule has 1 saturated heterocycles. The molecule has 0 bridgehead atoms. The third-order valence-corrected chi connectivity index (χ3v) is 5.50. The SMILES string of the molecule is C[C@@H](C(=O)N1CC[C@@H](N(C)Cc2ncccn2)C1)c1cccs1. The van der Waals surface area contributed by atoms with E-state index in [4.69, 9.17) is 0 Å². The van der Waals surface area contributed by atoms with Gasteiger partial charge in [0.2, 0.25) is 5.91 Å². The van der Waals surface area contributed by atoms with Crippen LogP contribution < -0.4 is 0 Å². The first-order chi connectivity index (χ1) is 11.1. The van der Waals surface area contributed by atoms with Crippen LogP contribution in [0, 0.1) is 0 Å². The molecule has 5 nitrogen and oxygen atoms in total. The standard InChI is InChI=1S/C17H22N4OS/c1-13(15-5-3-10-23-15)17(22)21-9-6-14(11-21)20(2)12-16-18-7-4-8-19-16/h3-5,7-8,10,13-14H,6,9,11-12H2,1-2H3/t13-,14-/m1/s1. The first-order valence-corrected chi connectivity index (χ1v) is 8.81. The third-order valence-electron chi connectivity index (χ3n) is 4.45. The normalized spacial score (nSPS) is 19.3. The molecule has 0 unspecified atom stereocenters. The van der Waals surface area contributed by atoms with Gasteiger partial charge < -0.3 is 4.90 Å². The molecule has 0 spiro atoms. The summed E-state index contributed by atoms with van der Waals surface area (Å²) in [6.45, 7) is 4.34. The van der Waals surface area contributed by atoms with Crippen molar-refractivity contribution in [3.05, 3.63) is 46.7 Å². The molecule has 0 N–H and O–H groups in total. The summed E-state index contributed by atoms with van der Waals surface area (Å²) in [7, 11) is 2.08. The van der Waals surface area contributed by atoms with Gasteiger partial charge in [0.25, 0.3) is 0 Å². The second kappa shape index (κ2) is 7.19. The maximum absolute atomic E-state index is 12.7. The van der Waals surface area contributed by atoms with Gasteiger partial charge in [-0.15, -0.1) is 11.3 Å². The van der Waals surface area contributed by atoms with Crippen LogP contribution in [-0.2, 0) is 11.3 Å². The Bertz CT molecular complexity index is 631. The number of hydrogen-bond acceptors (Lipinski definition) is 5. The Hall–Kier alpha value is -1.79. The summed E-state index contributed by atoms with van der Waals surface area (Å²) < 4.78 is 0. The number of nitrogens with zero attached hydrogens (tertiary/aromatic N) is 4. The van der Waals surface area contributed by atoms with Gasteiger partial charge in [-0.3, -0.25) is 9.69 Å². The van der Waals surface area contributed by atoms with Crippen LogP contribution in [0.4, 0.5) is 0 Å². The summed E-state index contributed by atoms with van der Waals surface area (Å²) in [5.74, 6) is 1.02. The molecule has 1 aliphatic rings. The summed E-state index contributed by atoms with van der Waals surface area (Å²) in [4.78, 5) is 26.6. The maximum Gasteiger partial charge on any atom is 0.230 e. The highest BCUT2D eigenvalue weighted by molar-refractivity contribution is 7.10. The molecule has 3 rings (SSSR count). The summed E-state index contributed by atoms with van der Waals surface area (Å²) in [6.07, 6.45) is 4.54. The zero-order valence-electron chi connectivity index (χ0n) is 13.6. The summed E-state index contributed by atoms with van der Waals surface area (Å²) >= 11 is 1.65. The summed E-state index contributed by atoms with van der Waals surface area (Å²) in [6, 6.07) is 6.24. The molecular formula is C17H22N4OS. The third kappa shape index (κ3) is 3.76. The zero-order chi connectivity index (χ0) is 16.2. The number of thiophene rings is 1. The Kier molecular flexibility index (Phi) is 5.03. The van der Waals surface area contributed by atoms with Crippen LogP contribution in [0.1, 0.15) is 30.0 Å². The number of amides is 1. The molecule has 2 aromatic rings. The fourth-order valence-corrected chi connectivity index (χ4v) is 3.78. The van der Waals surface area contributed by atoms with Crippen LogP contribution in [0.5, 0.6) is 0 Å². The molecule has 23 heavy (non-hydrogen) atoms. The minimum absolute atomic E-state index is 0.0449. The van der Waals surface area contributed by atoms with Gasteiger partial charge in [-0.25, -0.2) is 9.97 Å². The van der Waals surface area contributed by atoms with E-state index in [0.717, 1.165) is 30.2 Å². The minimum atomic E-state index is -0.0449. The molecule has 6 heteroatoms. The van der Waals surface area contributed by atoms with E-state index in [0.29, 0.717) is 12.6 Å². The molecule has 0 aliphatic carbocycles. The van der Waals surface area contributed by atoms with Crippen molar-refractivity contribution in [2.75, 3.05) is 20.1 Å². The molecule has 2 aromatic heterocycles. The van der Waals surface area contributed by atoms with Crippen LogP contribution in [0.25, 0.3) is 0 Å². The lowest BCUT2D eigenvalue weighted by Crippen LogP contribution is -2.37. The van der Waals surface area contributed by atoms with Crippen molar-refractivity contribution in [3.8, 4) is 0 Å². The monoisotopic (exact) mass is 330 g/mol. The van der Waals surface area contributed by atoms with Crippen LogP contribution >= 0.6 is 11.3 Å². The van der Waals surface area contributed by atoms with E-state index in [1.165, 1.54) is 0 Å². The number of likely N-dealkylation sites (N-methyl/N-ethyl adjacent to an activating group) is 1. The lowest BCUT2D eigenvalue weighted by atomic mass is 10.1. The maximum atomic E-state index is 12.7. The van der Waals surface area contributed by atoms with E-state index < -0.39 is 0 Å². The zero-order valence-corrected chi connectivity index (χ0v) is 14.4. The molecule has 1 fully saturated rings. The van der Waals surface area contributed by atoms with E-state index in [2.05, 4.69) is 21.9 Å². The summed E-state index contributed by atoms with van der Waals surface area (Å²) in [5, 5.41) is 2.03. The van der Waals surface area contributed by atoms with Gasteiger partial charge >= 0.3 is 0 Å². The van der Waals surface area contributed by atoms with Crippen LogP contribution in [0.2, 0.25) is 0 Å². The van der Waals surface area contributed by atoms with Gasteiger partial charge in [0.1, 0.15) is 5.82 Å². The van der Waals surface area contributed by atoms with Crippen molar-refractivity contribution in [1.82, 2.24) is 19.8 Å². The van der Waals surface area contributed by atoms with Crippen molar-refractivity contribution >= 4 is 17.2 Å². The highest BCUT2D eigenvalue weighted by Gasteiger charge is 2.31. The molecule has 122 valence electrons. The molecule has 2 atom stereocenters. The Morgan fingerprint density at radius 3 is 2.91 bits per heavy atom. The topological polar surface area (TPSA) is 49.3 Å². The van der Waals surface area contributed by atoms with Gasteiger partial charge in [-0.2, -0.15) is 0 Å². The molecule has 1 amide bonds. The van der Waals surface area contributed by atoms with Crippen molar-refractivity contribution < 1.29 is 4.79 Å². The summed E-state index contributed by atoms with van der Waals surface area (Å²) in [5.41, 5.74) is 0. The molecule has 3 heterocycles. The second-order valence-electron chi connectivity index (χ2n) is 6.04. The van der Waals surface area contributed by atoms with E-state index in [-0.39, 0.29) is 11.8 Å². The number of rotatable bonds is 5. The molecular weight excluding hydrogens is 308 g/mol. The lowest BCUT2D eigenvalue weighted by Gasteiger charge is -2.25. The molecule has 0 aromatic carbocycles. The van der Waals surface area contributed by atoms with Crippen LogP contribution in [0.15, 0.2) is 36.0 Å². The van der Waals surface area contributed by atoms with Crippen molar-refractivity contribution in [3.63, 3.8) is 0 Å². The Morgan fingerprint density at radius 1 is 1.43 bits per heavy atom. The fourth-order valence-electron chi connectivity index (χ4n) is 3.00. The van der Waals surface area contributed by atoms with Gasteiger partial charge in [-0.05, 0) is 37.9 Å². The van der Waals surface area contributed by atoms with Gasteiger partial charge in [-0.1, -0.05) is 6.07 Å². The number of aromatic nitrogens is 2. The Labute approximate surface area is 141 Å². The van der Waals surface area contributed by atoms with Crippen molar-refractivity contribution in [2.24, 2.45) is 0 Å². The predicted molar refractivity (Wildman–Crippen MR) is 91.2 cm³/mol. The van der Waals surface area contributed by atoms with Crippen molar-refractivity contribution in [2.45, 2.75) is 31.8 Å². The largest absolute Gasteiger partial charge is 0.341 e. The highest BCUT2D eigenvalue weighted by atomic mass is 32.1. The quantitative estimate of drug-likeness (QED) is 0.844. The highest BCUT2D eigenvalue weighted by Crippen LogP contribution is 2.25. The Balaban J connectivity index is 1.56. The average molecular weight is 330 g/mol. The number of carbonyl (C=O) groups excluding carboxylic acids is 1. The lowest BCUT2D eigenvalue weighted by molar-refractivity contribution is -0.131. The van der Waals surface area contributed by atoms with Gasteiger partial charge in [0.05, 0.1) is 12.5 Å².